The molecular weight excluding hydrogens is 264 g/mol. The van der Waals surface area contributed by atoms with Gasteiger partial charge in [-0.1, -0.05) is 12.6 Å². The molecule has 6 nitrogen and oxygen atoms in total. The summed E-state index contributed by atoms with van der Waals surface area (Å²) in [5, 5.41) is 12.2. The van der Waals surface area contributed by atoms with E-state index in [1.54, 1.807) is 23.0 Å². The summed E-state index contributed by atoms with van der Waals surface area (Å²) < 4.78 is 1.67. The molecule has 0 aliphatic carbocycles. The smallest absolute Gasteiger partial charge is 0.174 e. The molecule has 21 heavy (non-hydrogen) atoms. The topological polar surface area (TPSA) is 93.0 Å². The lowest BCUT2D eigenvalue weighted by Crippen LogP contribution is -2.15. The Morgan fingerprint density at radius 1 is 1.48 bits per heavy atom. The third-order valence-corrected chi connectivity index (χ3v) is 3.23. The van der Waals surface area contributed by atoms with Crippen molar-refractivity contribution in [3.8, 4) is 11.1 Å². The number of nitrogens with two attached hydrogens (primary N) is 1. The Morgan fingerprint density at radius 2 is 2.29 bits per heavy atom. The second-order valence-corrected chi connectivity index (χ2v) is 4.64. The third-order valence-electron chi connectivity index (χ3n) is 3.23. The lowest BCUT2D eigenvalue weighted by atomic mass is 10.0. The highest BCUT2D eigenvalue weighted by Gasteiger charge is 2.17. The van der Waals surface area contributed by atoms with Crippen LogP contribution in [0.15, 0.2) is 37.2 Å². The molecule has 0 unspecified atom stereocenters. The first-order chi connectivity index (χ1) is 10.1. The van der Waals surface area contributed by atoms with Gasteiger partial charge in [0.25, 0.3) is 0 Å². The Kier molecular flexibility index (Phi) is 2.98. The van der Waals surface area contributed by atoms with Crippen LogP contribution in [0.5, 0.6) is 0 Å². The van der Waals surface area contributed by atoms with E-state index in [1.807, 2.05) is 25.1 Å². The molecule has 0 aliphatic rings. The number of hydrogen-bond acceptors (Lipinski definition) is 4. The van der Waals surface area contributed by atoms with Gasteiger partial charge in [0, 0.05) is 23.7 Å². The zero-order chi connectivity index (χ0) is 15.0. The van der Waals surface area contributed by atoms with Gasteiger partial charge in [0.2, 0.25) is 0 Å². The lowest BCUT2D eigenvalue weighted by molar-refractivity contribution is 0.908. The van der Waals surface area contributed by atoms with E-state index in [0.29, 0.717) is 17.0 Å². The molecule has 0 aliphatic heterocycles. The molecule has 0 spiro atoms. The third kappa shape index (κ3) is 2.06. The van der Waals surface area contributed by atoms with Crippen LogP contribution < -0.4 is 5.73 Å². The second-order valence-electron chi connectivity index (χ2n) is 4.64. The maximum atomic E-state index is 7.89. The van der Waals surface area contributed by atoms with E-state index in [4.69, 9.17) is 11.1 Å². The number of rotatable bonds is 3. The fraction of sp³-hybridized carbons (Fsp3) is 0.0667. The number of fused-ring (bicyclic) bond motifs is 1. The van der Waals surface area contributed by atoms with Gasteiger partial charge in [-0.3, -0.25) is 10.4 Å². The van der Waals surface area contributed by atoms with Gasteiger partial charge in [0.05, 0.1) is 5.56 Å². The van der Waals surface area contributed by atoms with Crippen molar-refractivity contribution in [3.63, 3.8) is 0 Å². The van der Waals surface area contributed by atoms with Crippen LogP contribution in [0.1, 0.15) is 17.1 Å². The molecule has 3 aromatic heterocycles. The van der Waals surface area contributed by atoms with Crippen molar-refractivity contribution in [1.82, 2.24) is 19.6 Å². The number of pyridine rings is 2. The van der Waals surface area contributed by atoms with Gasteiger partial charge in [0.1, 0.15) is 5.84 Å². The summed E-state index contributed by atoms with van der Waals surface area (Å²) in [6.07, 6.45) is 5.01. The highest BCUT2D eigenvalue weighted by atomic mass is 15.3. The Labute approximate surface area is 121 Å². The largest absolute Gasteiger partial charge is 0.384 e. The first kappa shape index (κ1) is 13.0. The molecule has 3 heterocycles. The van der Waals surface area contributed by atoms with Crippen LogP contribution in [0.4, 0.5) is 0 Å². The molecule has 0 radical (unpaired) electrons. The molecule has 0 atom stereocenters. The van der Waals surface area contributed by atoms with Gasteiger partial charge in [-0.2, -0.15) is 0 Å². The van der Waals surface area contributed by atoms with Crippen molar-refractivity contribution in [2.24, 2.45) is 5.73 Å². The highest BCUT2D eigenvalue weighted by Crippen LogP contribution is 2.27. The molecule has 3 aromatic rings. The average molecular weight is 278 g/mol. The Bertz CT molecular complexity index is 847. The molecule has 3 N–H and O–H groups in total. The fourth-order valence-corrected chi connectivity index (χ4v) is 2.30. The number of nitrogen functional groups attached to an aromatic ring is 1. The predicted molar refractivity (Wildman–Crippen MR) is 82.1 cm³/mol. The predicted octanol–water partition coefficient (Wildman–Crippen LogP) is 2.03. The molecule has 0 bridgehead atoms. The van der Waals surface area contributed by atoms with Crippen LogP contribution in [-0.2, 0) is 0 Å². The van der Waals surface area contributed by atoms with Crippen molar-refractivity contribution >= 4 is 17.6 Å². The van der Waals surface area contributed by atoms with Gasteiger partial charge in [-0.15, -0.1) is 5.10 Å². The summed E-state index contributed by atoms with van der Waals surface area (Å²) in [5.74, 6) is 0.450. The number of aromatic nitrogens is 4. The molecule has 6 heteroatoms. The number of aryl methyl sites for hydroxylation is 1. The summed E-state index contributed by atoms with van der Waals surface area (Å²) in [6, 6.07) is 5.70. The van der Waals surface area contributed by atoms with Crippen LogP contribution in [0.25, 0.3) is 22.9 Å². The number of amidine groups is 1. The number of hydrogen-bond donors (Lipinski definition) is 2. The van der Waals surface area contributed by atoms with Crippen LogP contribution in [0.3, 0.4) is 0 Å². The summed E-state index contributed by atoms with van der Waals surface area (Å²) in [4.78, 5) is 8.51. The maximum Gasteiger partial charge on any atom is 0.174 e. The maximum absolute atomic E-state index is 7.89. The lowest BCUT2D eigenvalue weighted by Gasteiger charge is -2.11. The molecule has 3 rings (SSSR count). The van der Waals surface area contributed by atoms with E-state index in [9.17, 15) is 0 Å². The quantitative estimate of drug-likeness (QED) is 0.566. The minimum Gasteiger partial charge on any atom is -0.384 e. The number of nitrogens with one attached hydrogen (secondary N) is 1. The summed E-state index contributed by atoms with van der Waals surface area (Å²) in [7, 11) is 0. The van der Waals surface area contributed by atoms with Gasteiger partial charge in [-0.25, -0.2) is 9.50 Å². The van der Waals surface area contributed by atoms with E-state index in [2.05, 4.69) is 21.6 Å². The van der Waals surface area contributed by atoms with Crippen molar-refractivity contribution in [1.29, 1.82) is 5.41 Å². The number of nitrogens with zero attached hydrogens (tertiary/aromatic N) is 4. The Balaban J connectivity index is 2.42. The van der Waals surface area contributed by atoms with Crippen molar-refractivity contribution in [3.05, 3.63) is 54.3 Å². The van der Waals surface area contributed by atoms with Crippen LogP contribution in [0, 0.1) is 12.3 Å². The molecule has 0 saturated carbocycles. The molecule has 0 saturated heterocycles. The van der Waals surface area contributed by atoms with Crippen molar-refractivity contribution in [2.75, 3.05) is 0 Å². The monoisotopic (exact) mass is 278 g/mol. The highest BCUT2D eigenvalue weighted by molar-refractivity contribution is 6.06. The minimum absolute atomic E-state index is 0.0538. The summed E-state index contributed by atoms with van der Waals surface area (Å²) >= 11 is 0. The average Bonchev–Trinajstić information content (AvgIpc) is 2.92. The zero-order valence-corrected chi connectivity index (χ0v) is 11.5. The van der Waals surface area contributed by atoms with E-state index in [1.165, 1.54) is 0 Å². The van der Waals surface area contributed by atoms with Gasteiger partial charge in [-0.05, 0) is 30.7 Å². The zero-order valence-electron chi connectivity index (χ0n) is 11.5. The van der Waals surface area contributed by atoms with Crippen LogP contribution in [-0.4, -0.2) is 25.4 Å². The van der Waals surface area contributed by atoms with Gasteiger partial charge in [0.15, 0.2) is 11.5 Å². The van der Waals surface area contributed by atoms with E-state index in [0.717, 1.165) is 16.8 Å². The second kappa shape index (κ2) is 4.82. The minimum atomic E-state index is -0.0538. The molecule has 0 amide bonds. The Morgan fingerprint density at radius 3 is 2.90 bits per heavy atom. The van der Waals surface area contributed by atoms with E-state index >= 15 is 0 Å². The normalized spacial score (nSPS) is 10.7. The summed E-state index contributed by atoms with van der Waals surface area (Å²) in [5.41, 5.74) is 9.48. The van der Waals surface area contributed by atoms with Gasteiger partial charge < -0.3 is 5.73 Å². The van der Waals surface area contributed by atoms with Crippen molar-refractivity contribution in [2.45, 2.75) is 6.92 Å². The fourth-order valence-electron chi connectivity index (χ4n) is 2.30. The van der Waals surface area contributed by atoms with Gasteiger partial charge >= 0.3 is 0 Å². The molecule has 0 aromatic carbocycles. The Hall–Kier alpha value is -3.02. The van der Waals surface area contributed by atoms with Crippen molar-refractivity contribution < 1.29 is 0 Å². The summed E-state index contributed by atoms with van der Waals surface area (Å²) in [6.45, 7) is 5.61. The molecule has 104 valence electrons. The van der Waals surface area contributed by atoms with E-state index < -0.39 is 0 Å². The van der Waals surface area contributed by atoms with E-state index in [-0.39, 0.29) is 5.84 Å². The molecule has 0 fully saturated rings. The SMILES string of the molecule is C=Cc1nc2c(C(=N)N)c(-c3cccnc3)cc(C)n2n1. The first-order valence-corrected chi connectivity index (χ1v) is 6.39. The first-order valence-electron chi connectivity index (χ1n) is 6.39. The van der Waals surface area contributed by atoms with Crippen LogP contribution >= 0.6 is 0 Å². The molecular formula is C15H14N6. The standard InChI is InChI=1S/C15H14N6/c1-3-12-19-15-13(14(16)17)11(7-9(2)21(15)20-12)10-5-4-6-18-8-10/h3-8H,1H2,2H3,(H3,16,17). The van der Waals surface area contributed by atoms with Crippen LogP contribution in [0.2, 0.25) is 0 Å².